The van der Waals surface area contributed by atoms with Gasteiger partial charge in [0, 0.05) is 11.8 Å². The number of rotatable bonds is 0. The molecular weight excluding hydrogens is 295 g/mol. The van der Waals surface area contributed by atoms with E-state index in [-0.39, 0.29) is 29.0 Å². The average Bonchev–Trinajstić information content (AvgIpc) is 2.78. The molecule has 4 heteroatoms. The number of aliphatic hydroxyl groups excluding tert-OH is 1. The van der Waals surface area contributed by atoms with Crippen molar-refractivity contribution in [2.75, 3.05) is 0 Å². The van der Waals surface area contributed by atoms with Crippen molar-refractivity contribution >= 4 is 11.6 Å². The molecule has 1 N–H and O–H groups in total. The van der Waals surface area contributed by atoms with E-state index in [1.165, 1.54) is 6.08 Å². The molecule has 7 atom stereocenters. The number of aliphatic hydroxyl groups is 1. The minimum Gasteiger partial charge on any atom is -0.385 e. The molecule has 4 aliphatic rings. The summed E-state index contributed by atoms with van der Waals surface area (Å²) < 4.78 is 14.9. The second kappa shape index (κ2) is 4.75. The lowest BCUT2D eigenvalue weighted by Crippen LogP contribution is -2.55. The second-order valence-corrected chi connectivity index (χ2v) is 8.64. The molecule has 23 heavy (non-hydrogen) atoms. The Morgan fingerprint density at radius 2 is 1.87 bits per heavy atom. The molecule has 3 nitrogen and oxygen atoms in total. The van der Waals surface area contributed by atoms with E-state index >= 15 is 0 Å². The predicted molar refractivity (Wildman–Crippen MR) is 83.4 cm³/mol. The van der Waals surface area contributed by atoms with Gasteiger partial charge >= 0.3 is 0 Å². The van der Waals surface area contributed by atoms with Gasteiger partial charge in [-0.1, -0.05) is 13.8 Å². The summed E-state index contributed by atoms with van der Waals surface area (Å²) in [5.74, 6) is 0.724. The van der Waals surface area contributed by atoms with Gasteiger partial charge in [0.25, 0.3) is 0 Å². The van der Waals surface area contributed by atoms with Crippen molar-refractivity contribution in [3.8, 4) is 0 Å². The average molecular weight is 320 g/mol. The molecule has 0 aliphatic heterocycles. The Hall–Kier alpha value is -1.03. The summed E-state index contributed by atoms with van der Waals surface area (Å²) in [5, 5.41) is 10.1. The fraction of sp³-hybridized carbons (Fsp3) is 0.789. The first-order valence-electron chi connectivity index (χ1n) is 8.89. The van der Waals surface area contributed by atoms with Crippen molar-refractivity contribution in [3.63, 3.8) is 0 Å². The highest BCUT2D eigenvalue weighted by Gasteiger charge is 2.61. The Balaban J connectivity index is 1.75. The first-order chi connectivity index (χ1) is 10.8. The number of ketones is 2. The quantitative estimate of drug-likeness (QED) is 0.746. The molecule has 4 aliphatic carbocycles. The fourth-order valence-electron chi connectivity index (χ4n) is 6.39. The van der Waals surface area contributed by atoms with Crippen molar-refractivity contribution in [2.45, 2.75) is 64.6 Å². The van der Waals surface area contributed by atoms with Gasteiger partial charge in [-0.2, -0.15) is 0 Å². The normalized spacial score (nSPS) is 52.5. The summed E-state index contributed by atoms with van der Waals surface area (Å²) >= 11 is 0. The largest absolute Gasteiger partial charge is 0.385 e. The number of allylic oxidation sites excluding steroid dienone is 1. The highest BCUT2D eigenvalue weighted by atomic mass is 19.1. The number of Topliss-reactive ketones (excluding diaryl/α,β-unsaturated/α-hetero) is 1. The van der Waals surface area contributed by atoms with Crippen LogP contribution in [0.4, 0.5) is 4.39 Å². The van der Waals surface area contributed by atoms with Crippen molar-refractivity contribution in [1.29, 1.82) is 0 Å². The Morgan fingerprint density at radius 3 is 2.61 bits per heavy atom. The number of hydrogen-bond donors (Lipinski definition) is 1. The van der Waals surface area contributed by atoms with E-state index in [4.69, 9.17) is 0 Å². The molecular formula is C19H25FO3. The molecule has 0 amide bonds. The molecule has 0 radical (unpaired) electrons. The number of halogens is 1. The van der Waals surface area contributed by atoms with Crippen LogP contribution in [0.15, 0.2) is 11.6 Å². The summed E-state index contributed by atoms with van der Waals surface area (Å²) in [6.45, 7) is 4.10. The Bertz CT molecular complexity index is 612. The van der Waals surface area contributed by atoms with Crippen LogP contribution < -0.4 is 0 Å². The molecule has 0 aromatic heterocycles. The molecule has 0 saturated heterocycles. The molecule has 4 rings (SSSR count). The monoisotopic (exact) mass is 320 g/mol. The molecule has 0 heterocycles. The maximum Gasteiger partial charge on any atom is 0.184 e. The highest BCUT2D eigenvalue weighted by Crippen LogP contribution is 2.64. The summed E-state index contributed by atoms with van der Waals surface area (Å²) in [4.78, 5) is 24.2. The number of carbonyl (C=O) groups excluding carboxylic acids is 2. The van der Waals surface area contributed by atoms with Crippen LogP contribution in [0.3, 0.4) is 0 Å². The van der Waals surface area contributed by atoms with Crippen molar-refractivity contribution in [1.82, 2.24) is 0 Å². The van der Waals surface area contributed by atoms with Gasteiger partial charge in [0.1, 0.15) is 18.1 Å². The number of carbonyl (C=O) groups is 2. The Kier molecular flexibility index (Phi) is 3.20. The Morgan fingerprint density at radius 1 is 1.17 bits per heavy atom. The van der Waals surface area contributed by atoms with E-state index in [1.807, 2.05) is 6.92 Å². The van der Waals surface area contributed by atoms with Crippen LogP contribution in [0.2, 0.25) is 0 Å². The van der Waals surface area contributed by atoms with Crippen LogP contribution >= 0.6 is 0 Å². The number of alkyl halides is 1. The van der Waals surface area contributed by atoms with Crippen LogP contribution in [-0.4, -0.2) is 28.9 Å². The van der Waals surface area contributed by atoms with Gasteiger partial charge in [0.15, 0.2) is 5.78 Å². The predicted octanol–water partition coefficient (Wildman–Crippen LogP) is 3.01. The SMILES string of the molecule is C[C@]12C[C@@H](O)C(=O)C=C1[C@H](F)C[C@@H]1[C@@H]2CC[C@]2(C)C(=O)CC[C@@H]12. The van der Waals surface area contributed by atoms with E-state index < -0.39 is 17.7 Å². The van der Waals surface area contributed by atoms with Crippen LogP contribution in [0.25, 0.3) is 0 Å². The summed E-state index contributed by atoms with van der Waals surface area (Å²) in [5.41, 5.74) is -0.119. The molecule has 0 aromatic rings. The van der Waals surface area contributed by atoms with Crippen LogP contribution in [-0.2, 0) is 9.59 Å². The van der Waals surface area contributed by atoms with Crippen molar-refractivity contribution in [2.24, 2.45) is 28.6 Å². The van der Waals surface area contributed by atoms with E-state index in [0.29, 0.717) is 30.6 Å². The van der Waals surface area contributed by atoms with Crippen LogP contribution in [0.5, 0.6) is 0 Å². The van der Waals surface area contributed by atoms with Crippen molar-refractivity contribution < 1.29 is 19.1 Å². The van der Waals surface area contributed by atoms with Gasteiger partial charge < -0.3 is 5.11 Å². The molecule has 0 spiro atoms. The van der Waals surface area contributed by atoms with E-state index in [9.17, 15) is 19.1 Å². The first-order valence-corrected chi connectivity index (χ1v) is 8.89. The van der Waals surface area contributed by atoms with Crippen molar-refractivity contribution in [3.05, 3.63) is 11.6 Å². The molecule has 3 saturated carbocycles. The molecule has 3 fully saturated rings. The zero-order chi connectivity index (χ0) is 16.6. The van der Waals surface area contributed by atoms with E-state index in [2.05, 4.69) is 6.92 Å². The maximum absolute atomic E-state index is 14.9. The second-order valence-electron chi connectivity index (χ2n) is 8.64. The lowest BCUT2D eigenvalue weighted by atomic mass is 9.47. The van der Waals surface area contributed by atoms with Gasteiger partial charge in [0.2, 0.25) is 0 Å². The van der Waals surface area contributed by atoms with Gasteiger partial charge in [-0.3, -0.25) is 9.59 Å². The van der Waals surface area contributed by atoms with Crippen LogP contribution in [0.1, 0.15) is 52.4 Å². The third-order valence-electron chi connectivity index (χ3n) is 7.68. The topological polar surface area (TPSA) is 54.4 Å². The first kappa shape index (κ1) is 15.5. The zero-order valence-electron chi connectivity index (χ0n) is 13.8. The highest BCUT2D eigenvalue weighted by molar-refractivity contribution is 5.95. The van der Waals surface area contributed by atoms with E-state index in [1.54, 1.807) is 0 Å². The maximum atomic E-state index is 14.9. The molecule has 0 aromatic carbocycles. The molecule has 0 unspecified atom stereocenters. The van der Waals surface area contributed by atoms with E-state index in [0.717, 1.165) is 19.3 Å². The van der Waals surface area contributed by atoms with Gasteiger partial charge in [-0.25, -0.2) is 4.39 Å². The van der Waals surface area contributed by atoms with Gasteiger partial charge in [-0.15, -0.1) is 0 Å². The minimum atomic E-state index is -1.12. The summed E-state index contributed by atoms with van der Waals surface area (Å²) in [6, 6.07) is 0. The summed E-state index contributed by atoms with van der Waals surface area (Å²) in [7, 11) is 0. The standard InChI is InChI=1S/C19H25FO3/c1-18-6-5-12-10(11(18)3-4-17(18)23)7-14(20)13-8-15(21)16(22)9-19(12,13)2/h8,10-12,14,16,22H,3-7,9H2,1-2H3/t10-,11-,12-,14+,16+,18-,19+/m0/s1. The third kappa shape index (κ3) is 1.90. The Labute approximate surface area is 136 Å². The summed E-state index contributed by atoms with van der Waals surface area (Å²) in [6.07, 6.45) is 3.28. The molecule has 0 bridgehead atoms. The fourth-order valence-corrected chi connectivity index (χ4v) is 6.39. The lowest BCUT2D eigenvalue weighted by molar-refractivity contribution is -0.136. The minimum absolute atomic E-state index is 0.192. The smallest absolute Gasteiger partial charge is 0.184 e. The molecule has 126 valence electrons. The zero-order valence-corrected chi connectivity index (χ0v) is 13.8. The number of hydrogen-bond acceptors (Lipinski definition) is 3. The van der Waals surface area contributed by atoms with Crippen LogP contribution in [0, 0.1) is 28.6 Å². The van der Waals surface area contributed by atoms with Gasteiger partial charge in [0.05, 0.1) is 0 Å². The number of fused-ring (bicyclic) bond motifs is 5. The third-order valence-corrected chi connectivity index (χ3v) is 7.68. The van der Waals surface area contributed by atoms with Gasteiger partial charge in [-0.05, 0) is 66.9 Å². The lowest BCUT2D eigenvalue weighted by Gasteiger charge is -2.57.